The molecule has 9 heteroatoms. The number of hydrogen-bond acceptors (Lipinski definition) is 7. The van der Waals surface area contributed by atoms with Crippen molar-refractivity contribution in [2.24, 2.45) is 0 Å². The molecule has 0 bridgehead atoms. The van der Waals surface area contributed by atoms with Crippen molar-refractivity contribution in [2.75, 3.05) is 7.11 Å². The van der Waals surface area contributed by atoms with E-state index in [2.05, 4.69) is 9.97 Å². The normalized spacial score (nSPS) is 10.7. The van der Waals surface area contributed by atoms with Crippen LogP contribution in [0.2, 0.25) is 0 Å². The number of ether oxygens (including phenoxy) is 1. The highest BCUT2D eigenvalue weighted by Crippen LogP contribution is 2.35. The molecule has 31 heavy (non-hydrogen) atoms. The molecule has 0 aliphatic rings. The van der Waals surface area contributed by atoms with Crippen LogP contribution in [0, 0.1) is 10.1 Å². The van der Waals surface area contributed by atoms with Crippen LogP contribution in [0.3, 0.4) is 0 Å². The molecule has 1 aromatic heterocycles. The monoisotopic (exact) mass is 433 g/mol. The third kappa shape index (κ3) is 4.03. The molecule has 0 unspecified atom stereocenters. The molecule has 0 aliphatic carbocycles. The van der Waals surface area contributed by atoms with Crippen molar-refractivity contribution < 1.29 is 19.2 Å². The van der Waals surface area contributed by atoms with Gasteiger partial charge < -0.3 is 9.72 Å². The Morgan fingerprint density at radius 2 is 1.74 bits per heavy atom. The van der Waals surface area contributed by atoms with E-state index >= 15 is 0 Å². The Labute approximate surface area is 180 Å². The summed E-state index contributed by atoms with van der Waals surface area (Å²) in [6, 6.07) is 17.8. The maximum atomic E-state index is 13.0. The van der Waals surface area contributed by atoms with Crippen LogP contribution in [0.15, 0.2) is 76.8 Å². The summed E-state index contributed by atoms with van der Waals surface area (Å²) < 4.78 is 4.72. The largest absolute Gasteiger partial charge is 0.465 e. The van der Waals surface area contributed by atoms with Crippen LogP contribution in [0.25, 0.3) is 11.0 Å². The lowest BCUT2D eigenvalue weighted by molar-refractivity contribution is -0.387. The minimum Gasteiger partial charge on any atom is -0.465 e. The molecule has 0 spiro atoms. The van der Waals surface area contributed by atoms with E-state index < -0.39 is 16.7 Å². The van der Waals surface area contributed by atoms with Gasteiger partial charge in [0.05, 0.1) is 33.5 Å². The van der Waals surface area contributed by atoms with E-state index in [1.54, 1.807) is 12.1 Å². The van der Waals surface area contributed by atoms with Gasteiger partial charge >= 0.3 is 5.97 Å². The van der Waals surface area contributed by atoms with Gasteiger partial charge in [-0.15, -0.1) is 0 Å². The first-order valence-corrected chi connectivity index (χ1v) is 9.92. The predicted octanol–water partition coefficient (Wildman–Crippen LogP) is 4.64. The summed E-state index contributed by atoms with van der Waals surface area (Å²) in [7, 11) is 1.22. The van der Waals surface area contributed by atoms with Gasteiger partial charge in [-0.05, 0) is 42.1 Å². The molecule has 0 amide bonds. The van der Waals surface area contributed by atoms with Crippen LogP contribution in [0.1, 0.15) is 26.3 Å². The molecule has 4 rings (SSSR count). The average molecular weight is 433 g/mol. The number of methoxy groups -OCH3 is 1. The van der Waals surface area contributed by atoms with Gasteiger partial charge in [-0.2, -0.15) is 0 Å². The van der Waals surface area contributed by atoms with Crippen molar-refractivity contribution in [2.45, 2.75) is 10.1 Å². The number of carbonyl (C=O) groups excluding carboxylic acids is 2. The number of nitrogens with one attached hydrogen (secondary N) is 1. The number of rotatable bonds is 6. The smallest absolute Gasteiger partial charge is 0.338 e. The van der Waals surface area contributed by atoms with Crippen molar-refractivity contribution in [3.8, 4) is 0 Å². The minimum atomic E-state index is -0.657. The number of para-hydroxylation sites is 2. The summed E-state index contributed by atoms with van der Waals surface area (Å²) in [4.78, 5) is 44.0. The zero-order valence-electron chi connectivity index (χ0n) is 16.2. The van der Waals surface area contributed by atoms with Crippen molar-refractivity contribution >= 4 is 40.2 Å². The van der Waals surface area contributed by atoms with Gasteiger partial charge in [0.15, 0.2) is 10.9 Å². The predicted molar refractivity (Wildman–Crippen MR) is 115 cm³/mol. The quantitative estimate of drug-likeness (QED) is 0.204. The average Bonchev–Trinajstić information content (AvgIpc) is 3.20. The summed E-state index contributed by atoms with van der Waals surface area (Å²) >= 11 is 1.10. The number of aromatic nitrogens is 2. The van der Waals surface area contributed by atoms with E-state index in [0.717, 1.165) is 22.8 Å². The Hall–Kier alpha value is -3.98. The van der Waals surface area contributed by atoms with E-state index in [9.17, 15) is 19.7 Å². The van der Waals surface area contributed by atoms with Crippen molar-refractivity contribution in [1.82, 2.24) is 9.97 Å². The number of nitrogens with zero attached hydrogens (tertiary/aromatic N) is 2. The van der Waals surface area contributed by atoms with Crippen LogP contribution in [0.4, 0.5) is 5.69 Å². The van der Waals surface area contributed by atoms with Gasteiger partial charge in [0.1, 0.15) is 0 Å². The molecule has 3 aromatic carbocycles. The maximum absolute atomic E-state index is 13.0. The van der Waals surface area contributed by atoms with Crippen LogP contribution < -0.4 is 0 Å². The highest BCUT2D eigenvalue weighted by atomic mass is 32.2. The highest BCUT2D eigenvalue weighted by molar-refractivity contribution is 7.99. The number of carbonyl (C=O) groups is 2. The topological polar surface area (TPSA) is 115 Å². The summed E-state index contributed by atoms with van der Waals surface area (Å²) in [5.41, 5.74) is 1.64. The number of nitro groups is 1. The van der Waals surface area contributed by atoms with E-state index in [1.165, 1.54) is 37.4 Å². The molecule has 0 radical (unpaired) electrons. The lowest BCUT2D eigenvalue weighted by Gasteiger charge is -2.08. The molecule has 1 heterocycles. The Balaban J connectivity index is 1.70. The molecular weight excluding hydrogens is 418 g/mol. The third-order valence-electron chi connectivity index (χ3n) is 4.57. The van der Waals surface area contributed by atoms with Crippen molar-refractivity contribution in [1.29, 1.82) is 0 Å². The molecule has 4 aromatic rings. The number of benzene rings is 3. The number of nitro benzene ring substituents is 1. The number of hydrogen-bond donors (Lipinski definition) is 1. The highest BCUT2D eigenvalue weighted by Gasteiger charge is 2.23. The van der Waals surface area contributed by atoms with Gasteiger partial charge in [0.2, 0.25) is 0 Å². The fourth-order valence-electron chi connectivity index (χ4n) is 3.09. The Morgan fingerprint density at radius 1 is 1.03 bits per heavy atom. The molecule has 0 saturated heterocycles. The van der Waals surface area contributed by atoms with Crippen LogP contribution in [0.5, 0.6) is 0 Å². The Kier molecular flexibility index (Phi) is 5.50. The number of imidazole rings is 1. The summed E-state index contributed by atoms with van der Waals surface area (Å²) in [5, 5.41) is 12.2. The summed E-state index contributed by atoms with van der Waals surface area (Å²) in [6.07, 6.45) is 0. The Morgan fingerprint density at radius 3 is 2.45 bits per heavy atom. The van der Waals surface area contributed by atoms with Gasteiger partial charge in [-0.3, -0.25) is 14.9 Å². The maximum Gasteiger partial charge on any atom is 0.338 e. The van der Waals surface area contributed by atoms with E-state index in [0.29, 0.717) is 10.1 Å². The van der Waals surface area contributed by atoms with E-state index in [4.69, 9.17) is 4.74 Å². The van der Waals surface area contributed by atoms with E-state index in [-0.39, 0.29) is 22.4 Å². The molecule has 0 saturated carbocycles. The van der Waals surface area contributed by atoms with Gasteiger partial charge in [-0.25, -0.2) is 9.78 Å². The van der Waals surface area contributed by atoms with Crippen molar-refractivity contribution in [3.05, 3.63) is 93.5 Å². The number of aromatic amines is 1. The Bertz CT molecular complexity index is 1300. The molecule has 0 atom stereocenters. The molecule has 0 fully saturated rings. The van der Waals surface area contributed by atoms with Gasteiger partial charge in [0, 0.05) is 17.2 Å². The first-order valence-electron chi connectivity index (χ1n) is 9.11. The van der Waals surface area contributed by atoms with Crippen LogP contribution in [-0.4, -0.2) is 33.8 Å². The lowest BCUT2D eigenvalue weighted by atomic mass is 9.98. The SMILES string of the molecule is COC(=O)c1ccccc1C(=O)c1ccc(Sc2nc3ccccc3[nH]2)c([N+](=O)[O-])c1. The molecule has 154 valence electrons. The van der Waals surface area contributed by atoms with Crippen molar-refractivity contribution in [3.63, 3.8) is 0 Å². The lowest BCUT2D eigenvalue weighted by Crippen LogP contribution is -2.11. The van der Waals surface area contributed by atoms with Gasteiger partial charge in [-0.1, -0.05) is 30.3 Å². The molecular formula is C22H15N3O5S. The number of esters is 1. The third-order valence-corrected chi connectivity index (χ3v) is 5.52. The fraction of sp³-hybridized carbons (Fsp3) is 0.0455. The molecule has 1 N–H and O–H groups in total. The minimum absolute atomic E-state index is 0.0945. The fourth-order valence-corrected chi connectivity index (χ4v) is 3.98. The summed E-state index contributed by atoms with van der Waals surface area (Å²) in [5.74, 6) is -1.17. The second-order valence-electron chi connectivity index (χ2n) is 6.47. The standard InChI is InChI=1S/C22H15N3O5S/c1-30-21(27)15-7-3-2-6-14(15)20(26)13-10-11-19(18(12-13)25(28)29)31-22-23-16-8-4-5-9-17(16)24-22/h2-12H,1H3,(H,23,24). The zero-order chi connectivity index (χ0) is 22.0. The van der Waals surface area contributed by atoms with Crippen LogP contribution >= 0.6 is 11.8 Å². The molecule has 8 nitrogen and oxygen atoms in total. The van der Waals surface area contributed by atoms with Gasteiger partial charge in [0.25, 0.3) is 5.69 Å². The zero-order valence-corrected chi connectivity index (χ0v) is 17.0. The number of fused-ring (bicyclic) bond motifs is 1. The second kappa shape index (κ2) is 8.41. The summed E-state index contributed by atoms with van der Waals surface area (Å²) in [6.45, 7) is 0. The second-order valence-corrected chi connectivity index (χ2v) is 7.50. The molecule has 0 aliphatic heterocycles. The first-order chi connectivity index (χ1) is 15.0. The van der Waals surface area contributed by atoms with E-state index in [1.807, 2.05) is 24.3 Å². The first kappa shape index (κ1) is 20.3. The number of ketones is 1. The van der Waals surface area contributed by atoms with Crippen LogP contribution in [-0.2, 0) is 4.74 Å². The number of H-pyrrole nitrogens is 1.